The van der Waals surface area contributed by atoms with E-state index in [1.54, 1.807) is 36.4 Å². The van der Waals surface area contributed by atoms with E-state index in [4.69, 9.17) is 13.9 Å². The Morgan fingerprint density at radius 3 is 2.56 bits per heavy atom. The van der Waals surface area contributed by atoms with Crippen LogP contribution in [0.3, 0.4) is 0 Å². The van der Waals surface area contributed by atoms with Crippen LogP contribution in [0.4, 0.5) is 10.1 Å². The quantitative estimate of drug-likeness (QED) is 0.249. The number of benzene rings is 3. The van der Waals surface area contributed by atoms with Gasteiger partial charge >= 0.3 is 0 Å². The van der Waals surface area contributed by atoms with Crippen LogP contribution in [0.1, 0.15) is 34.6 Å². The summed E-state index contributed by atoms with van der Waals surface area (Å²) < 4.78 is 32.3. The van der Waals surface area contributed by atoms with Gasteiger partial charge in [0.25, 0.3) is 5.91 Å². The van der Waals surface area contributed by atoms with Crippen molar-refractivity contribution in [1.82, 2.24) is 0 Å². The molecule has 2 heterocycles. The van der Waals surface area contributed by atoms with Crippen molar-refractivity contribution in [1.29, 1.82) is 0 Å². The Morgan fingerprint density at radius 2 is 1.83 bits per heavy atom. The van der Waals surface area contributed by atoms with Crippen molar-refractivity contribution in [3.05, 3.63) is 111 Å². The molecular formula is C28H21BrFNO5. The first kappa shape index (κ1) is 23.8. The lowest BCUT2D eigenvalue weighted by Gasteiger charge is -2.26. The molecule has 4 aromatic rings. The third-order valence-electron chi connectivity index (χ3n) is 5.88. The molecule has 6 nitrogen and oxygen atoms in total. The lowest BCUT2D eigenvalue weighted by molar-refractivity contribution is 0.0971. The zero-order chi connectivity index (χ0) is 25.4. The summed E-state index contributed by atoms with van der Waals surface area (Å²) >= 11 is 3.42. The van der Waals surface area contributed by atoms with Crippen molar-refractivity contribution < 1.29 is 23.1 Å². The summed E-state index contributed by atoms with van der Waals surface area (Å²) in [6.45, 7) is 6.19. The van der Waals surface area contributed by atoms with Crippen LogP contribution in [-0.4, -0.2) is 19.1 Å². The van der Waals surface area contributed by atoms with Gasteiger partial charge in [-0.1, -0.05) is 34.7 Å². The van der Waals surface area contributed by atoms with Gasteiger partial charge in [-0.3, -0.25) is 14.5 Å². The van der Waals surface area contributed by atoms with Crippen LogP contribution < -0.4 is 19.8 Å². The molecule has 0 bridgehead atoms. The molecule has 1 unspecified atom stereocenters. The van der Waals surface area contributed by atoms with Crippen LogP contribution >= 0.6 is 15.9 Å². The van der Waals surface area contributed by atoms with Crippen LogP contribution in [0.5, 0.6) is 11.5 Å². The molecule has 0 spiro atoms. The van der Waals surface area contributed by atoms with Crippen LogP contribution in [0, 0.1) is 5.82 Å². The van der Waals surface area contributed by atoms with Gasteiger partial charge < -0.3 is 13.9 Å². The molecule has 5 rings (SSSR count). The van der Waals surface area contributed by atoms with E-state index in [2.05, 4.69) is 22.5 Å². The number of fused-ring (bicyclic) bond motifs is 2. The van der Waals surface area contributed by atoms with Gasteiger partial charge in [0.05, 0.1) is 23.6 Å². The lowest BCUT2D eigenvalue weighted by atomic mass is 9.97. The summed E-state index contributed by atoms with van der Waals surface area (Å²) in [5, 5.41) is 0.0696. The van der Waals surface area contributed by atoms with Gasteiger partial charge in [-0.05, 0) is 67.1 Å². The molecule has 1 atom stereocenters. The predicted octanol–water partition coefficient (Wildman–Crippen LogP) is 6.41. The van der Waals surface area contributed by atoms with Crippen molar-refractivity contribution in [3.63, 3.8) is 0 Å². The van der Waals surface area contributed by atoms with Gasteiger partial charge in [-0.25, -0.2) is 4.39 Å². The minimum absolute atomic E-state index is 0.0696. The summed E-state index contributed by atoms with van der Waals surface area (Å²) in [5.41, 5.74) is 1.01. The predicted molar refractivity (Wildman–Crippen MR) is 139 cm³/mol. The molecule has 0 radical (unpaired) electrons. The Kier molecular flexibility index (Phi) is 6.36. The highest BCUT2D eigenvalue weighted by molar-refractivity contribution is 9.10. The van der Waals surface area contributed by atoms with Crippen molar-refractivity contribution in [2.24, 2.45) is 0 Å². The average molecular weight is 550 g/mol. The van der Waals surface area contributed by atoms with E-state index in [1.807, 2.05) is 19.1 Å². The number of carbonyl (C=O) groups is 1. The summed E-state index contributed by atoms with van der Waals surface area (Å²) in [6.07, 6.45) is 1.63. The normalized spacial score (nSPS) is 14.7. The number of anilines is 1. The number of nitrogens with zero attached hydrogens (tertiary/aromatic N) is 1. The average Bonchev–Trinajstić information content (AvgIpc) is 3.17. The number of hydrogen-bond acceptors (Lipinski definition) is 5. The molecule has 1 aliphatic rings. The second kappa shape index (κ2) is 9.62. The van der Waals surface area contributed by atoms with Crippen LogP contribution in [0.25, 0.3) is 11.0 Å². The van der Waals surface area contributed by atoms with Gasteiger partial charge in [0.15, 0.2) is 16.9 Å². The fraction of sp³-hybridized carbons (Fsp3) is 0.143. The molecule has 1 aromatic heterocycles. The van der Waals surface area contributed by atoms with E-state index >= 15 is 0 Å². The number of ether oxygens (including phenoxy) is 2. The zero-order valence-electron chi connectivity index (χ0n) is 19.3. The SMILES string of the molecule is C=CCOc1ccc(C2c3c(oc4ccc(F)cc4c3=O)C(=O)N2c2ccc(Br)cc2)cc1OCC. The maximum Gasteiger partial charge on any atom is 0.295 e. The second-order valence-corrected chi connectivity index (χ2v) is 9.02. The molecule has 182 valence electrons. The van der Waals surface area contributed by atoms with E-state index in [0.29, 0.717) is 29.4 Å². The monoisotopic (exact) mass is 549 g/mol. The Labute approximate surface area is 214 Å². The number of hydrogen-bond donors (Lipinski definition) is 0. The standard InChI is InChI=1S/C28H21BrFNO5/c1-3-13-35-22-11-5-16(14-23(22)34-4-2)25-24-26(32)20-15-18(30)8-12-21(20)36-27(24)28(33)31(25)19-9-6-17(29)7-10-19/h3,5-12,14-15,25H,1,4,13H2,2H3. The zero-order valence-corrected chi connectivity index (χ0v) is 20.9. The molecule has 0 aliphatic carbocycles. The molecule has 0 fully saturated rings. The van der Waals surface area contributed by atoms with E-state index in [9.17, 15) is 14.0 Å². The summed E-state index contributed by atoms with van der Waals surface area (Å²) in [4.78, 5) is 28.9. The summed E-state index contributed by atoms with van der Waals surface area (Å²) in [7, 11) is 0. The highest BCUT2D eigenvalue weighted by Gasteiger charge is 2.44. The van der Waals surface area contributed by atoms with E-state index in [1.165, 1.54) is 17.0 Å². The van der Waals surface area contributed by atoms with Gasteiger partial charge in [0.2, 0.25) is 5.76 Å². The van der Waals surface area contributed by atoms with Crippen molar-refractivity contribution in [3.8, 4) is 11.5 Å². The Morgan fingerprint density at radius 1 is 1.06 bits per heavy atom. The molecule has 8 heteroatoms. The number of rotatable bonds is 7. The topological polar surface area (TPSA) is 69.0 Å². The smallest absolute Gasteiger partial charge is 0.295 e. The fourth-order valence-corrected chi connectivity index (χ4v) is 4.62. The number of halogens is 2. The molecule has 1 amide bonds. The van der Waals surface area contributed by atoms with Crippen LogP contribution in [-0.2, 0) is 0 Å². The van der Waals surface area contributed by atoms with Gasteiger partial charge in [-0.15, -0.1) is 0 Å². The largest absolute Gasteiger partial charge is 0.490 e. The van der Waals surface area contributed by atoms with E-state index in [0.717, 1.165) is 10.5 Å². The third-order valence-corrected chi connectivity index (χ3v) is 6.41. The van der Waals surface area contributed by atoms with E-state index in [-0.39, 0.29) is 28.9 Å². The first-order chi connectivity index (χ1) is 17.4. The van der Waals surface area contributed by atoms with Crippen molar-refractivity contribution >= 4 is 38.5 Å². The second-order valence-electron chi connectivity index (χ2n) is 8.11. The van der Waals surface area contributed by atoms with E-state index < -0.39 is 23.2 Å². The molecule has 0 saturated heterocycles. The Hall–Kier alpha value is -3.91. The molecule has 36 heavy (non-hydrogen) atoms. The number of carbonyl (C=O) groups excluding carboxylic acids is 1. The summed E-state index contributed by atoms with van der Waals surface area (Å²) in [5.74, 6) is -0.136. The van der Waals surface area contributed by atoms with Crippen molar-refractivity contribution in [2.75, 3.05) is 18.1 Å². The first-order valence-corrected chi connectivity index (χ1v) is 12.1. The summed E-state index contributed by atoms with van der Waals surface area (Å²) in [6, 6.07) is 15.3. The number of amides is 1. The first-order valence-electron chi connectivity index (χ1n) is 11.3. The van der Waals surface area contributed by atoms with Gasteiger partial charge in [0, 0.05) is 10.2 Å². The molecule has 0 saturated carbocycles. The third kappa shape index (κ3) is 4.07. The Bertz CT molecular complexity index is 1550. The minimum atomic E-state index is -0.828. The highest BCUT2D eigenvalue weighted by Crippen LogP contribution is 2.43. The van der Waals surface area contributed by atoms with Crippen molar-refractivity contribution in [2.45, 2.75) is 13.0 Å². The Balaban J connectivity index is 1.75. The minimum Gasteiger partial charge on any atom is -0.490 e. The fourth-order valence-electron chi connectivity index (χ4n) is 4.36. The highest BCUT2D eigenvalue weighted by atomic mass is 79.9. The maximum atomic E-state index is 14.0. The van der Waals surface area contributed by atoms with Gasteiger partial charge in [0.1, 0.15) is 18.0 Å². The molecule has 0 N–H and O–H groups in total. The van der Waals surface area contributed by atoms with Crippen LogP contribution in [0.15, 0.2) is 87.0 Å². The maximum absolute atomic E-state index is 14.0. The van der Waals surface area contributed by atoms with Crippen LogP contribution in [0.2, 0.25) is 0 Å². The lowest BCUT2D eigenvalue weighted by Crippen LogP contribution is -2.29. The van der Waals surface area contributed by atoms with Gasteiger partial charge in [-0.2, -0.15) is 0 Å². The molecular weight excluding hydrogens is 529 g/mol. The molecule has 1 aliphatic heterocycles. The molecule has 3 aromatic carbocycles.